The summed E-state index contributed by atoms with van der Waals surface area (Å²) in [6, 6.07) is 8.27. The van der Waals surface area contributed by atoms with Crippen molar-refractivity contribution in [1.29, 1.82) is 0 Å². The average Bonchev–Trinajstić information content (AvgIpc) is 3.02. The fourth-order valence-electron chi connectivity index (χ4n) is 3.89. The lowest BCUT2D eigenvalue weighted by atomic mass is 10.0. The van der Waals surface area contributed by atoms with Gasteiger partial charge in [-0.1, -0.05) is 18.2 Å². The van der Waals surface area contributed by atoms with E-state index in [2.05, 4.69) is 0 Å². The number of nitrogens with one attached hydrogen (secondary N) is 1. The minimum atomic E-state index is -4.47. The van der Waals surface area contributed by atoms with Gasteiger partial charge >= 0.3 is 12.2 Å². The van der Waals surface area contributed by atoms with Crippen LogP contribution in [0.3, 0.4) is 0 Å². The molecular weight excluding hydrogens is 443 g/mol. The standard InChI is InChI=1S/C22H22F3N3O5/c23-22(24,25)17-5-3-14(4-6-17)18-13-33-19-11-15(20(29)26-31)1-2-16(19)12-28(18)21(30)27-7-9-32-10-8-27/h1-6,11,18,31H,7-10,12-13H2,(H,26,29). The summed E-state index contributed by atoms with van der Waals surface area (Å²) in [4.78, 5) is 28.4. The number of hydrogen-bond acceptors (Lipinski definition) is 5. The van der Waals surface area contributed by atoms with Gasteiger partial charge in [0.25, 0.3) is 5.91 Å². The molecule has 0 aliphatic carbocycles. The van der Waals surface area contributed by atoms with Crippen LogP contribution in [0.4, 0.5) is 18.0 Å². The van der Waals surface area contributed by atoms with Crippen molar-refractivity contribution < 1.29 is 37.4 Å². The Bertz CT molecular complexity index is 1020. The summed E-state index contributed by atoms with van der Waals surface area (Å²) in [7, 11) is 0. The van der Waals surface area contributed by atoms with Gasteiger partial charge in [-0.05, 0) is 29.8 Å². The molecule has 1 fully saturated rings. The lowest BCUT2D eigenvalue weighted by Gasteiger charge is -2.36. The normalized spacial score (nSPS) is 18.7. The highest BCUT2D eigenvalue weighted by Gasteiger charge is 2.35. The largest absolute Gasteiger partial charge is 0.491 e. The van der Waals surface area contributed by atoms with Crippen LogP contribution in [0.5, 0.6) is 5.75 Å². The van der Waals surface area contributed by atoms with E-state index in [4.69, 9.17) is 14.7 Å². The third-order valence-corrected chi connectivity index (χ3v) is 5.69. The van der Waals surface area contributed by atoms with Crippen LogP contribution in [0.2, 0.25) is 0 Å². The molecule has 0 aromatic heterocycles. The van der Waals surface area contributed by atoms with Gasteiger partial charge in [0.2, 0.25) is 0 Å². The van der Waals surface area contributed by atoms with Gasteiger partial charge in [-0.15, -0.1) is 0 Å². The first kappa shape index (κ1) is 22.9. The Morgan fingerprint density at radius 3 is 2.39 bits per heavy atom. The molecule has 0 bridgehead atoms. The molecule has 2 aromatic rings. The van der Waals surface area contributed by atoms with Crippen molar-refractivity contribution in [3.8, 4) is 5.75 Å². The minimum absolute atomic E-state index is 0.0291. The van der Waals surface area contributed by atoms with Crippen molar-refractivity contribution in [2.75, 3.05) is 32.9 Å². The van der Waals surface area contributed by atoms with Gasteiger partial charge in [0, 0.05) is 24.2 Å². The summed E-state index contributed by atoms with van der Waals surface area (Å²) in [5.41, 5.74) is 2.05. The van der Waals surface area contributed by atoms with Crippen LogP contribution in [0.1, 0.15) is 33.1 Å². The van der Waals surface area contributed by atoms with E-state index < -0.39 is 23.7 Å². The van der Waals surface area contributed by atoms with E-state index in [9.17, 15) is 22.8 Å². The first-order valence-electron chi connectivity index (χ1n) is 10.3. The van der Waals surface area contributed by atoms with E-state index in [1.165, 1.54) is 24.3 Å². The maximum Gasteiger partial charge on any atom is 0.416 e. The van der Waals surface area contributed by atoms with Crippen LogP contribution in [0.25, 0.3) is 0 Å². The Labute approximate surface area is 187 Å². The summed E-state index contributed by atoms with van der Waals surface area (Å²) in [6.07, 6.45) is -4.47. The SMILES string of the molecule is O=C(NO)c1ccc2c(c1)OCC(c1ccc(C(F)(F)F)cc1)N(C(=O)N1CCOCC1)C2. The van der Waals surface area contributed by atoms with Crippen molar-refractivity contribution in [2.24, 2.45) is 0 Å². The summed E-state index contributed by atoms with van der Waals surface area (Å²) >= 11 is 0. The van der Waals surface area contributed by atoms with Gasteiger partial charge in [-0.25, -0.2) is 10.3 Å². The molecule has 0 spiro atoms. The topological polar surface area (TPSA) is 91.3 Å². The van der Waals surface area contributed by atoms with E-state index in [-0.39, 0.29) is 24.7 Å². The van der Waals surface area contributed by atoms with Crippen LogP contribution in [-0.2, 0) is 17.5 Å². The van der Waals surface area contributed by atoms with Crippen LogP contribution < -0.4 is 10.2 Å². The molecule has 2 aliphatic rings. The van der Waals surface area contributed by atoms with Gasteiger partial charge in [0.1, 0.15) is 12.4 Å². The number of hydrogen-bond donors (Lipinski definition) is 2. The van der Waals surface area contributed by atoms with Crippen LogP contribution in [0, 0.1) is 0 Å². The molecule has 2 aliphatic heterocycles. The second-order valence-electron chi connectivity index (χ2n) is 7.72. The Hall–Kier alpha value is -3.31. The number of carbonyl (C=O) groups is 2. The lowest BCUT2D eigenvalue weighted by molar-refractivity contribution is -0.137. The third-order valence-electron chi connectivity index (χ3n) is 5.69. The maximum absolute atomic E-state index is 13.4. The number of benzene rings is 2. The zero-order valence-electron chi connectivity index (χ0n) is 17.5. The van der Waals surface area contributed by atoms with Gasteiger partial charge in [-0.2, -0.15) is 13.2 Å². The summed E-state index contributed by atoms with van der Waals surface area (Å²) in [6.45, 7) is 1.70. The Kier molecular flexibility index (Phi) is 6.43. The number of halogens is 3. The number of amides is 3. The molecule has 4 rings (SSSR count). The van der Waals surface area contributed by atoms with Gasteiger partial charge in [-0.3, -0.25) is 10.0 Å². The van der Waals surface area contributed by atoms with E-state index >= 15 is 0 Å². The molecule has 2 N–H and O–H groups in total. The molecule has 11 heteroatoms. The molecule has 2 heterocycles. The second kappa shape index (κ2) is 9.28. The number of carbonyl (C=O) groups excluding carboxylic acids is 2. The highest BCUT2D eigenvalue weighted by Crippen LogP contribution is 2.35. The van der Waals surface area contributed by atoms with E-state index in [1.807, 2.05) is 0 Å². The number of urea groups is 1. The maximum atomic E-state index is 13.4. The number of fused-ring (bicyclic) bond motifs is 1. The highest BCUT2D eigenvalue weighted by atomic mass is 19.4. The number of hydroxylamine groups is 1. The zero-order chi connectivity index (χ0) is 23.6. The Balaban J connectivity index is 1.68. The zero-order valence-corrected chi connectivity index (χ0v) is 17.5. The van der Waals surface area contributed by atoms with Crippen molar-refractivity contribution >= 4 is 11.9 Å². The lowest BCUT2D eigenvalue weighted by Crippen LogP contribution is -2.49. The smallest absolute Gasteiger partial charge is 0.416 e. The fourth-order valence-corrected chi connectivity index (χ4v) is 3.89. The van der Waals surface area contributed by atoms with E-state index in [0.29, 0.717) is 43.2 Å². The highest BCUT2D eigenvalue weighted by molar-refractivity contribution is 5.93. The van der Waals surface area contributed by atoms with Gasteiger partial charge < -0.3 is 19.3 Å². The molecule has 3 amide bonds. The third kappa shape index (κ3) is 4.88. The predicted octanol–water partition coefficient (Wildman–Crippen LogP) is 3.21. The number of alkyl halides is 3. The van der Waals surface area contributed by atoms with Crippen LogP contribution >= 0.6 is 0 Å². The average molecular weight is 465 g/mol. The van der Waals surface area contributed by atoms with Crippen molar-refractivity contribution in [2.45, 2.75) is 18.8 Å². The summed E-state index contributed by atoms with van der Waals surface area (Å²) in [5, 5.41) is 8.89. The number of ether oxygens (including phenoxy) is 2. The minimum Gasteiger partial charge on any atom is -0.491 e. The molecule has 0 radical (unpaired) electrons. The predicted molar refractivity (Wildman–Crippen MR) is 109 cm³/mol. The monoisotopic (exact) mass is 465 g/mol. The molecular formula is C22H22F3N3O5. The number of rotatable bonds is 2. The summed E-state index contributed by atoms with van der Waals surface area (Å²) < 4.78 is 50.3. The van der Waals surface area contributed by atoms with Crippen molar-refractivity contribution in [3.63, 3.8) is 0 Å². The Morgan fingerprint density at radius 1 is 1.06 bits per heavy atom. The van der Waals surface area contributed by atoms with Crippen LogP contribution in [-0.4, -0.2) is 59.9 Å². The van der Waals surface area contributed by atoms with Gasteiger partial charge in [0.15, 0.2) is 0 Å². The molecule has 2 aromatic carbocycles. The molecule has 1 saturated heterocycles. The molecule has 0 saturated carbocycles. The number of nitrogens with zero attached hydrogens (tertiary/aromatic N) is 2. The molecule has 8 nitrogen and oxygen atoms in total. The second-order valence-corrected chi connectivity index (χ2v) is 7.72. The first-order chi connectivity index (χ1) is 15.8. The molecule has 1 unspecified atom stereocenters. The van der Waals surface area contributed by atoms with Gasteiger partial charge in [0.05, 0.1) is 31.4 Å². The Morgan fingerprint density at radius 2 is 1.76 bits per heavy atom. The molecule has 176 valence electrons. The van der Waals surface area contributed by atoms with E-state index in [0.717, 1.165) is 12.1 Å². The quantitative estimate of drug-likeness (QED) is 0.525. The molecule has 33 heavy (non-hydrogen) atoms. The first-order valence-corrected chi connectivity index (χ1v) is 10.3. The van der Waals surface area contributed by atoms with Crippen LogP contribution in [0.15, 0.2) is 42.5 Å². The fraction of sp³-hybridized carbons (Fsp3) is 0.364. The summed E-state index contributed by atoms with van der Waals surface area (Å²) in [5.74, 6) is -0.364. The van der Waals surface area contributed by atoms with E-state index in [1.54, 1.807) is 21.3 Å². The molecule has 1 atom stereocenters. The van der Waals surface area contributed by atoms with Crippen molar-refractivity contribution in [3.05, 3.63) is 64.7 Å². The number of morpholine rings is 1. The van der Waals surface area contributed by atoms with Crippen molar-refractivity contribution in [1.82, 2.24) is 15.3 Å².